The Hall–Kier alpha value is -2.66. The Bertz CT molecular complexity index is 632. The molecule has 0 aliphatic rings. The summed E-state index contributed by atoms with van der Waals surface area (Å²) in [6.45, 7) is 0. The van der Waals surface area contributed by atoms with Gasteiger partial charge in [-0.05, 0) is 12.1 Å². The second-order valence-electron chi connectivity index (χ2n) is 3.74. The van der Waals surface area contributed by atoms with Gasteiger partial charge in [-0.1, -0.05) is 28.1 Å². The zero-order valence-corrected chi connectivity index (χ0v) is 12.2. The molecule has 0 heterocycles. The molecular formula is C13H10BrN3O4. The van der Waals surface area contributed by atoms with Crippen molar-refractivity contribution in [3.63, 3.8) is 0 Å². The molecule has 108 valence electrons. The molecule has 0 aromatic heterocycles. The molecule has 7 nitrogen and oxygen atoms in total. The maximum Gasteiger partial charge on any atom is 0.310 e. The van der Waals surface area contributed by atoms with Gasteiger partial charge in [-0.2, -0.15) is 5.26 Å². The second-order valence-corrected chi connectivity index (χ2v) is 4.65. The highest BCUT2D eigenvalue weighted by Crippen LogP contribution is 2.15. The number of nitrogens with zero attached hydrogens (tertiary/aromatic N) is 1. The van der Waals surface area contributed by atoms with Crippen molar-refractivity contribution in [2.24, 2.45) is 0 Å². The number of amides is 2. The Morgan fingerprint density at radius 3 is 2.43 bits per heavy atom. The number of aliphatic hydroxyl groups excluding tert-OH is 1. The molecule has 0 aliphatic heterocycles. The van der Waals surface area contributed by atoms with E-state index in [1.54, 1.807) is 30.3 Å². The molecule has 3 N–H and O–H groups in total. The van der Waals surface area contributed by atoms with Crippen LogP contribution in [-0.4, -0.2) is 22.7 Å². The number of nitrogens with one attached hydrogen (secondary N) is 2. The molecule has 0 fully saturated rings. The summed E-state index contributed by atoms with van der Waals surface area (Å²) in [5.74, 6) is -3.32. The van der Waals surface area contributed by atoms with Gasteiger partial charge in [0.25, 0.3) is 5.91 Å². The number of carbonyl (C=O) groups is 3. The van der Waals surface area contributed by atoms with Crippen LogP contribution in [0.15, 0.2) is 34.8 Å². The van der Waals surface area contributed by atoms with Crippen molar-refractivity contribution in [3.8, 4) is 6.07 Å². The van der Waals surface area contributed by atoms with E-state index in [0.29, 0.717) is 5.56 Å². The average molecular weight is 352 g/mol. The Labute approximate surface area is 128 Å². The van der Waals surface area contributed by atoms with Crippen LogP contribution in [0.3, 0.4) is 0 Å². The first kappa shape index (κ1) is 16.4. The number of aliphatic hydroxyl groups is 1. The number of halogens is 1. The quantitative estimate of drug-likeness (QED) is 0.323. The van der Waals surface area contributed by atoms with Crippen LogP contribution < -0.4 is 10.9 Å². The van der Waals surface area contributed by atoms with E-state index >= 15 is 0 Å². The highest BCUT2D eigenvalue weighted by Gasteiger charge is 2.13. The third-order valence-corrected chi connectivity index (χ3v) is 2.72. The van der Waals surface area contributed by atoms with Crippen LogP contribution in [0.2, 0.25) is 0 Å². The van der Waals surface area contributed by atoms with Crippen LogP contribution in [0.4, 0.5) is 0 Å². The largest absolute Gasteiger partial charge is 0.507 e. The first-order valence-corrected chi connectivity index (χ1v) is 6.40. The predicted molar refractivity (Wildman–Crippen MR) is 76.3 cm³/mol. The van der Waals surface area contributed by atoms with Crippen molar-refractivity contribution >= 4 is 39.3 Å². The molecular weight excluding hydrogens is 342 g/mol. The van der Waals surface area contributed by atoms with E-state index in [1.807, 2.05) is 10.9 Å². The lowest BCUT2D eigenvalue weighted by Gasteiger charge is -2.03. The average Bonchev–Trinajstić information content (AvgIpc) is 2.45. The first-order valence-electron chi connectivity index (χ1n) is 5.60. The van der Waals surface area contributed by atoms with E-state index in [-0.39, 0.29) is 5.76 Å². The third-order valence-electron chi connectivity index (χ3n) is 2.19. The molecule has 2 amide bonds. The molecule has 0 radical (unpaired) electrons. The Kier molecular flexibility index (Phi) is 6.10. The minimum atomic E-state index is -1.13. The van der Waals surface area contributed by atoms with Gasteiger partial charge in [0.2, 0.25) is 5.78 Å². The summed E-state index contributed by atoms with van der Waals surface area (Å²) in [6.07, 6.45) is 0.281. The van der Waals surface area contributed by atoms with Gasteiger partial charge >= 0.3 is 5.91 Å². The molecule has 8 heteroatoms. The molecule has 21 heavy (non-hydrogen) atoms. The van der Waals surface area contributed by atoms with Crippen LogP contribution in [-0.2, 0) is 14.4 Å². The highest BCUT2D eigenvalue weighted by atomic mass is 79.9. The van der Waals surface area contributed by atoms with Crippen molar-refractivity contribution in [2.75, 3.05) is 0 Å². The van der Waals surface area contributed by atoms with E-state index in [9.17, 15) is 19.5 Å². The lowest BCUT2D eigenvalue weighted by Crippen LogP contribution is -2.44. The summed E-state index contributed by atoms with van der Waals surface area (Å²) in [5, 5.41) is 17.9. The molecule has 1 rings (SSSR count). The maximum absolute atomic E-state index is 11.5. The lowest BCUT2D eigenvalue weighted by atomic mass is 10.1. The molecule has 0 aliphatic carbocycles. The van der Waals surface area contributed by atoms with Crippen LogP contribution >= 0.6 is 15.9 Å². The van der Waals surface area contributed by atoms with Crippen molar-refractivity contribution in [1.82, 2.24) is 10.9 Å². The van der Waals surface area contributed by atoms with Gasteiger partial charge < -0.3 is 5.11 Å². The maximum atomic E-state index is 11.5. The predicted octanol–water partition coefficient (Wildman–Crippen LogP) is 0.978. The van der Waals surface area contributed by atoms with Gasteiger partial charge in [-0.3, -0.25) is 25.2 Å². The monoisotopic (exact) mass is 351 g/mol. The summed E-state index contributed by atoms with van der Waals surface area (Å²) >= 11 is 3.22. The van der Waals surface area contributed by atoms with E-state index < -0.39 is 24.0 Å². The normalized spacial score (nSPS) is 10.4. The highest BCUT2D eigenvalue weighted by molar-refractivity contribution is 9.10. The zero-order valence-electron chi connectivity index (χ0n) is 10.6. The molecule has 0 unspecified atom stereocenters. The number of carbonyl (C=O) groups excluding carboxylic acids is 3. The Balaban J connectivity index is 2.64. The van der Waals surface area contributed by atoms with E-state index in [2.05, 4.69) is 15.9 Å². The number of benzene rings is 1. The van der Waals surface area contributed by atoms with Crippen molar-refractivity contribution < 1.29 is 19.5 Å². The Morgan fingerprint density at radius 1 is 1.24 bits per heavy atom. The van der Waals surface area contributed by atoms with Crippen LogP contribution in [0.5, 0.6) is 0 Å². The Morgan fingerprint density at radius 2 is 1.86 bits per heavy atom. The zero-order chi connectivity index (χ0) is 15.8. The summed E-state index contributed by atoms with van der Waals surface area (Å²) in [7, 11) is 0. The van der Waals surface area contributed by atoms with E-state index in [1.165, 1.54) is 0 Å². The van der Waals surface area contributed by atoms with Crippen LogP contribution in [0, 0.1) is 11.3 Å². The summed E-state index contributed by atoms with van der Waals surface area (Å²) in [4.78, 5) is 33.8. The summed E-state index contributed by atoms with van der Waals surface area (Å²) in [6, 6.07) is 7.99. The fraction of sp³-hybridized carbons (Fsp3) is 0.0769. The van der Waals surface area contributed by atoms with E-state index in [0.717, 1.165) is 10.5 Å². The van der Waals surface area contributed by atoms with Crippen molar-refractivity contribution in [2.45, 2.75) is 6.42 Å². The minimum Gasteiger partial charge on any atom is -0.507 e. The topological polar surface area (TPSA) is 119 Å². The van der Waals surface area contributed by atoms with Gasteiger partial charge in [-0.15, -0.1) is 0 Å². The van der Waals surface area contributed by atoms with Crippen molar-refractivity contribution in [3.05, 3.63) is 40.4 Å². The smallest absolute Gasteiger partial charge is 0.310 e. The van der Waals surface area contributed by atoms with Crippen LogP contribution in [0.1, 0.15) is 12.0 Å². The number of rotatable bonds is 4. The molecule has 1 aromatic rings. The van der Waals surface area contributed by atoms with Gasteiger partial charge in [0, 0.05) is 16.1 Å². The molecule has 0 bridgehead atoms. The fourth-order valence-electron chi connectivity index (χ4n) is 1.20. The van der Waals surface area contributed by atoms with E-state index in [4.69, 9.17) is 5.26 Å². The summed E-state index contributed by atoms with van der Waals surface area (Å²) < 4.78 is 0.795. The first-order chi connectivity index (χ1) is 9.93. The molecule has 0 atom stereocenters. The minimum absolute atomic E-state index is 0.355. The van der Waals surface area contributed by atoms with Gasteiger partial charge in [0.1, 0.15) is 12.2 Å². The summed E-state index contributed by atoms with van der Waals surface area (Å²) in [5.41, 5.74) is 4.07. The van der Waals surface area contributed by atoms with Gasteiger partial charge in [0.15, 0.2) is 0 Å². The fourth-order valence-corrected chi connectivity index (χ4v) is 1.46. The third kappa shape index (κ3) is 5.46. The number of hydrogen-bond acceptors (Lipinski definition) is 5. The molecule has 0 saturated carbocycles. The SMILES string of the molecule is N#CCC(=O)NNC(=O)C(=O)/C=C(\O)c1ccc(Br)cc1. The lowest BCUT2D eigenvalue weighted by molar-refractivity contribution is -0.137. The van der Waals surface area contributed by atoms with Crippen LogP contribution in [0.25, 0.3) is 5.76 Å². The number of hydrazine groups is 1. The van der Waals surface area contributed by atoms with Crippen molar-refractivity contribution in [1.29, 1.82) is 5.26 Å². The standard InChI is InChI=1S/C13H10BrN3O4/c14-9-3-1-8(2-4-9)10(18)7-11(19)13(21)17-16-12(20)5-6-15/h1-4,7,18H,5H2,(H,16,20)(H,17,21)/b10-7-. The number of hydrogen-bond donors (Lipinski definition) is 3. The molecule has 0 spiro atoms. The second kappa shape index (κ2) is 7.81. The molecule has 1 aromatic carbocycles. The van der Waals surface area contributed by atoms with Gasteiger partial charge in [0.05, 0.1) is 6.07 Å². The van der Waals surface area contributed by atoms with Gasteiger partial charge in [-0.25, -0.2) is 0 Å². The number of nitriles is 1. The molecule has 0 saturated heterocycles. The number of ketones is 1.